The zero-order chi connectivity index (χ0) is 47.7. The molecule has 0 radical (unpaired) electrons. The first-order valence-electron chi connectivity index (χ1n) is 24.9. The van der Waals surface area contributed by atoms with Crippen molar-refractivity contribution in [2.24, 2.45) is 10.2 Å². The molecule has 8 atom stereocenters. The molecule has 0 unspecified atom stereocenters. The molecular formula is C47H77LiN10O7S4. The van der Waals surface area contributed by atoms with Gasteiger partial charge in [-0.05, 0) is 79.5 Å². The van der Waals surface area contributed by atoms with Crippen LogP contribution in [-0.4, -0.2) is 103 Å². The standard InChI is InChI=1S/C27H41N5O3S2.C20H35N5O3S2.Li.H2O/c28-32-29-18-12-5-3-1-2-4-6-13-19-36-26-25-24(30-27(34)31-25)22(37-26)16-10-11-17-23(33)35-20-21-14-8-7-9-15-21;21-25-22-13-9-5-3-1-2-4-6-10-14-29-19-18-17(23-20(28)24-18)15(30-19)11-7-8-12-16(26)27;;/h7-9,14-15,22,24-26H,1-6,10-13,16-20H2,(H2,30,31,34);15,17-19H,1-14H2,(H,26,27)(H2,23,24,28);;1H2/q;;+1;/p-1/t22-,24+,25+,26+;15-,17+,18+,19+;;/m00../s1. The van der Waals surface area contributed by atoms with E-state index in [1.165, 1.54) is 77.0 Å². The average Bonchev–Trinajstić information content (AvgIpc) is 4.07. The van der Waals surface area contributed by atoms with Crippen LogP contribution in [0.3, 0.4) is 0 Å². The van der Waals surface area contributed by atoms with E-state index in [1.807, 2.05) is 77.4 Å². The molecule has 4 heterocycles. The summed E-state index contributed by atoms with van der Waals surface area (Å²) in [5.41, 5.74) is 17.5. The Balaban J connectivity index is 0.000000470. The van der Waals surface area contributed by atoms with E-state index in [-0.39, 0.29) is 73.0 Å². The number of aliphatic carboxylic acids is 1. The van der Waals surface area contributed by atoms with Crippen LogP contribution in [0.25, 0.3) is 20.9 Å². The maximum atomic E-state index is 12.1. The largest absolute Gasteiger partial charge is 1.00 e. The Labute approximate surface area is 439 Å². The minimum absolute atomic E-state index is 0. The van der Waals surface area contributed by atoms with Crippen molar-refractivity contribution in [3.63, 3.8) is 0 Å². The van der Waals surface area contributed by atoms with Gasteiger partial charge in [-0.1, -0.05) is 130 Å². The van der Waals surface area contributed by atoms with Crippen LogP contribution in [0.5, 0.6) is 0 Å². The number of hydrogen-bond donors (Lipinski definition) is 5. The van der Waals surface area contributed by atoms with E-state index in [9.17, 15) is 19.2 Å². The van der Waals surface area contributed by atoms with Crippen molar-refractivity contribution >= 4 is 71.0 Å². The summed E-state index contributed by atoms with van der Waals surface area (Å²) in [5, 5.41) is 29.1. The molecule has 4 saturated heterocycles. The first kappa shape index (κ1) is 62.4. The summed E-state index contributed by atoms with van der Waals surface area (Å²) in [7, 11) is 0. The molecule has 17 nitrogen and oxygen atoms in total. The molecule has 382 valence electrons. The van der Waals surface area contributed by atoms with Gasteiger partial charge < -0.3 is 36.6 Å². The Hall–Kier alpha value is -2.72. The fourth-order valence-electron chi connectivity index (χ4n) is 8.86. The molecule has 0 saturated carbocycles. The monoisotopic (exact) mass is 1030 g/mol. The summed E-state index contributed by atoms with van der Waals surface area (Å²) in [6.45, 7) is 1.57. The number of hydrogen-bond acceptors (Lipinski definition) is 12. The predicted octanol–water partition coefficient (Wildman–Crippen LogP) is 9.06. The molecule has 0 spiro atoms. The van der Waals surface area contributed by atoms with Crippen LogP contribution in [0, 0.1) is 0 Å². The van der Waals surface area contributed by atoms with E-state index in [2.05, 4.69) is 41.3 Å². The molecule has 0 aliphatic carbocycles. The summed E-state index contributed by atoms with van der Waals surface area (Å²) in [4.78, 5) is 52.1. The molecular weight excluding hydrogens is 952 g/mol. The number of unbranched alkanes of at least 4 members (excludes halogenated alkanes) is 16. The number of esters is 1. The van der Waals surface area contributed by atoms with Gasteiger partial charge >= 0.3 is 42.9 Å². The minimum atomic E-state index is -0.735. The van der Waals surface area contributed by atoms with E-state index in [0.29, 0.717) is 52.2 Å². The molecule has 1 aromatic rings. The number of amides is 4. The van der Waals surface area contributed by atoms with Crippen LogP contribution in [0.4, 0.5) is 9.59 Å². The Morgan fingerprint density at radius 2 is 1.00 bits per heavy atom. The summed E-state index contributed by atoms with van der Waals surface area (Å²) in [5.74, 6) is 1.37. The van der Waals surface area contributed by atoms with E-state index in [1.54, 1.807) is 0 Å². The maximum absolute atomic E-state index is 12.1. The number of thioether (sulfide) groups is 4. The SMILES string of the molecule is [Li+].[N-]=[N+]=NCCCCCCCCCCS[C@@H]1S[C@@H](CCCCC(=O)O)[C@H]2NC(=O)N[C@@H]12.[N-]=[N+]=NCCCCCCCCCCS[C@@H]1S[C@@H](CCCCC(=O)OCc2ccccc2)[C@H]2NC(=O)N[C@@H]12.[OH-]. The van der Waals surface area contributed by atoms with E-state index >= 15 is 0 Å². The van der Waals surface area contributed by atoms with Crippen LogP contribution in [0.1, 0.15) is 160 Å². The van der Waals surface area contributed by atoms with Gasteiger partial charge in [0.1, 0.15) is 6.61 Å². The number of fused-ring (bicyclic) bond motifs is 2. The Bertz CT molecular complexity index is 1710. The molecule has 0 aromatic heterocycles. The van der Waals surface area contributed by atoms with Gasteiger partial charge in [-0.25, -0.2) is 9.59 Å². The second-order valence-corrected chi connectivity index (χ2v) is 23.6. The van der Waals surface area contributed by atoms with E-state index in [4.69, 9.17) is 20.9 Å². The first-order chi connectivity index (χ1) is 32.8. The minimum Gasteiger partial charge on any atom is -0.870 e. The van der Waals surface area contributed by atoms with Crippen molar-refractivity contribution in [3.8, 4) is 0 Å². The molecule has 0 bridgehead atoms. The normalized spacial score (nSPS) is 22.6. The van der Waals surface area contributed by atoms with Gasteiger partial charge in [-0.3, -0.25) is 9.59 Å². The molecule has 4 aliphatic heterocycles. The van der Waals surface area contributed by atoms with Gasteiger partial charge in [0, 0.05) is 46.3 Å². The van der Waals surface area contributed by atoms with Crippen LogP contribution in [-0.2, 0) is 20.9 Å². The number of carboxylic acids is 1. The number of carboxylic acid groups (broad SMARTS) is 1. The van der Waals surface area contributed by atoms with Gasteiger partial charge in [0.15, 0.2) is 0 Å². The number of nitrogens with zero attached hydrogens (tertiary/aromatic N) is 6. The van der Waals surface area contributed by atoms with Crippen molar-refractivity contribution in [3.05, 3.63) is 56.8 Å². The molecule has 4 fully saturated rings. The number of carbonyl (C=O) groups excluding carboxylic acids is 3. The van der Waals surface area contributed by atoms with Gasteiger partial charge in [-0.15, -0.1) is 47.0 Å². The third-order valence-electron chi connectivity index (χ3n) is 12.5. The molecule has 69 heavy (non-hydrogen) atoms. The molecule has 4 aliphatic rings. The summed E-state index contributed by atoms with van der Waals surface area (Å²) in [6, 6.07) is 10.4. The Morgan fingerprint density at radius 3 is 1.43 bits per heavy atom. The number of azide groups is 2. The molecule has 4 amide bonds. The summed E-state index contributed by atoms with van der Waals surface area (Å²) < 4.78 is 6.15. The van der Waals surface area contributed by atoms with Crippen molar-refractivity contribution in [1.82, 2.24) is 21.3 Å². The number of nitrogens with one attached hydrogen (secondary N) is 4. The Morgan fingerprint density at radius 1 is 0.594 bits per heavy atom. The van der Waals surface area contributed by atoms with Crippen molar-refractivity contribution in [2.45, 2.75) is 205 Å². The second-order valence-electron chi connectivity index (χ2n) is 17.8. The van der Waals surface area contributed by atoms with Gasteiger partial charge in [0.25, 0.3) is 0 Å². The number of benzene rings is 1. The fraction of sp³-hybridized carbons (Fsp3) is 0.787. The first-order valence-corrected chi connectivity index (χ1v) is 28.9. The summed E-state index contributed by atoms with van der Waals surface area (Å²) >= 11 is 7.90. The quantitative estimate of drug-likeness (QED) is 0.00804. The fourth-order valence-corrected chi connectivity index (χ4v) is 15.9. The van der Waals surface area contributed by atoms with Gasteiger partial charge in [-0.2, -0.15) is 0 Å². The predicted molar refractivity (Wildman–Crippen MR) is 278 cm³/mol. The number of ether oxygens (including phenoxy) is 1. The number of carbonyl (C=O) groups is 4. The van der Waals surface area contributed by atoms with E-state index in [0.717, 1.165) is 74.9 Å². The van der Waals surface area contributed by atoms with Crippen molar-refractivity contribution in [2.75, 3.05) is 24.6 Å². The maximum Gasteiger partial charge on any atom is 1.00 e. The summed E-state index contributed by atoms with van der Waals surface area (Å²) in [6.07, 6.45) is 25.3. The Kier molecular flexibility index (Phi) is 35.2. The van der Waals surface area contributed by atoms with E-state index < -0.39 is 5.97 Å². The topological polar surface area (TPSA) is 273 Å². The molecule has 5 rings (SSSR count). The van der Waals surface area contributed by atoms with Crippen LogP contribution in [0.2, 0.25) is 0 Å². The zero-order valence-corrected chi connectivity index (χ0v) is 44.0. The van der Waals surface area contributed by atoms with Crippen LogP contribution in [0.15, 0.2) is 40.6 Å². The number of urea groups is 2. The van der Waals surface area contributed by atoms with Gasteiger partial charge in [0.2, 0.25) is 0 Å². The van der Waals surface area contributed by atoms with Gasteiger partial charge in [0.05, 0.1) is 33.3 Å². The number of rotatable bonds is 36. The third-order valence-corrected chi connectivity index (χ3v) is 19.1. The molecule has 6 N–H and O–H groups in total. The van der Waals surface area contributed by atoms with Crippen molar-refractivity contribution < 1.29 is 53.4 Å². The van der Waals surface area contributed by atoms with Crippen LogP contribution >= 0.6 is 47.0 Å². The molecule has 22 heteroatoms. The smallest absolute Gasteiger partial charge is 0.870 e. The van der Waals surface area contributed by atoms with Crippen LogP contribution < -0.4 is 40.1 Å². The third kappa shape index (κ3) is 26.0. The van der Waals surface area contributed by atoms with Crippen molar-refractivity contribution in [1.29, 1.82) is 0 Å². The second kappa shape index (κ2) is 38.9. The average molecular weight is 1030 g/mol. The molecule has 1 aromatic carbocycles. The zero-order valence-electron chi connectivity index (χ0n) is 40.8.